The Kier molecular flexibility index (Phi) is 6.31. The summed E-state index contributed by atoms with van der Waals surface area (Å²) in [6.07, 6.45) is 1.50. The van der Waals surface area contributed by atoms with Crippen LogP contribution >= 0.6 is 11.6 Å². The molecule has 3 aromatic carbocycles. The Labute approximate surface area is 174 Å². The molecule has 0 aliphatic heterocycles. The average molecular weight is 428 g/mol. The molecule has 6 nitrogen and oxygen atoms in total. The minimum Gasteiger partial charge on any atom is -0.280 e. The highest BCUT2D eigenvalue weighted by molar-refractivity contribution is 7.92. The summed E-state index contributed by atoms with van der Waals surface area (Å²) in [4.78, 5) is 12.3. The van der Waals surface area contributed by atoms with Crippen molar-refractivity contribution in [3.63, 3.8) is 0 Å². The van der Waals surface area contributed by atoms with Gasteiger partial charge in [0.1, 0.15) is 0 Å². The first kappa shape index (κ1) is 20.6. The number of carbonyl (C=O) groups excluding carboxylic acids is 1. The van der Waals surface area contributed by atoms with Gasteiger partial charge in [0.05, 0.1) is 11.1 Å². The standard InChI is InChI=1S/C21H18ClN3O3S/c1-15-2-12-20(13-3-15)29(27,28)25-19-10-6-17(7-11-19)21(26)24-23-14-16-4-8-18(22)9-5-16/h2-14,25H,1H3,(H,24,26)/b23-14-. The summed E-state index contributed by atoms with van der Waals surface area (Å²) in [5, 5.41) is 4.51. The minimum absolute atomic E-state index is 0.168. The maximum absolute atomic E-state index is 12.4. The molecule has 8 heteroatoms. The predicted octanol–water partition coefficient (Wildman–Crippen LogP) is 4.21. The summed E-state index contributed by atoms with van der Waals surface area (Å²) >= 11 is 5.81. The van der Waals surface area contributed by atoms with Crippen LogP contribution in [0.1, 0.15) is 21.5 Å². The third kappa shape index (κ3) is 5.66. The van der Waals surface area contributed by atoms with Gasteiger partial charge in [0.15, 0.2) is 0 Å². The quantitative estimate of drug-likeness (QED) is 0.456. The Morgan fingerprint density at radius 2 is 1.55 bits per heavy atom. The lowest BCUT2D eigenvalue weighted by Crippen LogP contribution is -2.18. The highest BCUT2D eigenvalue weighted by atomic mass is 35.5. The highest BCUT2D eigenvalue weighted by Gasteiger charge is 2.14. The molecule has 29 heavy (non-hydrogen) atoms. The fraction of sp³-hybridized carbons (Fsp3) is 0.0476. The van der Waals surface area contributed by atoms with E-state index < -0.39 is 15.9 Å². The number of halogens is 1. The molecule has 0 spiro atoms. The molecule has 0 bridgehead atoms. The summed E-state index contributed by atoms with van der Waals surface area (Å²) in [5.74, 6) is -0.414. The Hall–Kier alpha value is -3.16. The van der Waals surface area contributed by atoms with Crippen molar-refractivity contribution >= 4 is 39.4 Å². The molecule has 0 aliphatic carbocycles. The zero-order valence-electron chi connectivity index (χ0n) is 15.5. The average Bonchev–Trinajstić information content (AvgIpc) is 2.70. The van der Waals surface area contributed by atoms with Gasteiger partial charge in [0, 0.05) is 16.3 Å². The van der Waals surface area contributed by atoms with Crippen LogP contribution in [0.5, 0.6) is 0 Å². The molecular weight excluding hydrogens is 410 g/mol. The molecule has 0 heterocycles. The first-order valence-corrected chi connectivity index (χ1v) is 10.5. The number of amides is 1. The highest BCUT2D eigenvalue weighted by Crippen LogP contribution is 2.17. The van der Waals surface area contributed by atoms with E-state index in [4.69, 9.17) is 11.6 Å². The van der Waals surface area contributed by atoms with Gasteiger partial charge in [-0.3, -0.25) is 9.52 Å². The molecule has 0 aromatic heterocycles. The Morgan fingerprint density at radius 1 is 0.931 bits per heavy atom. The lowest BCUT2D eigenvalue weighted by molar-refractivity contribution is 0.0955. The van der Waals surface area contributed by atoms with Crippen molar-refractivity contribution in [2.75, 3.05) is 4.72 Å². The zero-order chi connectivity index (χ0) is 20.9. The third-order valence-electron chi connectivity index (χ3n) is 3.98. The number of benzene rings is 3. The summed E-state index contributed by atoms with van der Waals surface area (Å²) < 4.78 is 27.3. The summed E-state index contributed by atoms with van der Waals surface area (Å²) in [6, 6.07) is 19.6. The van der Waals surface area contributed by atoms with Crippen LogP contribution in [0.3, 0.4) is 0 Å². The molecule has 3 aromatic rings. The van der Waals surface area contributed by atoms with E-state index in [1.54, 1.807) is 36.4 Å². The molecule has 0 atom stereocenters. The van der Waals surface area contributed by atoms with Crippen molar-refractivity contribution in [3.05, 3.63) is 94.5 Å². The van der Waals surface area contributed by atoms with Crippen molar-refractivity contribution in [1.82, 2.24) is 5.43 Å². The molecule has 3 rings (SSSR count). The first-order chi connectivity index (χ1) is 13.8. The Balaban J connectivity index is 1.62. The fourth-order valence-corrected chi connectivity index (χ4v) is 3.58. The molecule has 0 fully saturated rings. The number of carbonyl (C=O) groups is 1. The second-order valence-corrected chi connectivity index (χ2v) is 8.37. The van der Waals surface area contributed by atoms with Gasteiger partial charge >= 0.3 is 0 Å². The van der Waals surface area contributed by atoms with Gasteiger partial charge in [-0.2, -0.15) is 5.10 Å². The van der Waals surface area contributed by atoms with Crippen molar-refractivity contribution in [2.24, 2.45) is 5.10 Å². The van der Waals surface area contributed by atoms with Crippen LogP contribution in [0.4, 0.5) is 5.69 Å². The summed E-state index contributed by atoms with van der Waals surface area (Å²) in [6.45, 7) is 1.88. The lowest BCUT2D eigenvalue weighted by atomic mass is 10.2. The van der Waals surface area contributed by atoms with Gasteiger partial charge in [0.25, 0.3) is 15.9 Å². The molecule has 0 unspecified atom stereocenters. The number of anilines is 1. The molecule has 1 amide bonds. The van der Waals surface area contributed by atoms with Gasteiger partial charge in [-0.1, -0.05) is 41.4 Å². The van der Waals surface area contributed by atoms with E-state index in [1.807, 2.05) is 6.92 Å². The van der Waals surface area contributed by atoms with Crippen LogP contribution in [0.25, 0.3) is 0 Å². The summed E-state index contributed by atoms with van der Waals surface area (Å²) in [7, 11) is -3.69. The largest absolute Gasteiger partial charge is 0.280 e. The van der Waals surface area contributed by atoms with Crippen LogP contribution in [0.15, 0.2) is 82.8 Å². The molecule has 0 aliphatic rings. The maximum Gasteiger partial charge on any atom is 0.271 e. The number of hydrogen-bond acceptors (Lipinski definition) is 4. The minimum atomic E-state index is -3.69. The fourth-order valence-electron chi connectivity index (χ4n) is 2.40. The second kappa shape index (κ2) is 8.89. The van der Waals surface area contributed by atoms with E-state index in [0.717, 1.165) is 11.1 Å². The van der Waals surface area contributed by atoms with Crippen molar-refractivity contribution < 1.29 is 13.2 Å². The van der Waals surface area contributed by atoms with Gasteiger partial charge in [0.2, 0.25) is 0 Å². The van der Waals surface area contributed by atoms with Gasteiger partial charge < -0.3 is 0 Å². The SMILES string of the molecule is Cc1ccc(S(=O)(=O)Nc2ccc(C(=O)N/N=C\c3ccc(Cl)cc3)cc2)cc1. The normalized spacial score (nSPS) is 11.4. The van der Waals surface area contributed by atoms with E-state index in [2.05, 4.69) is 15.2 Å². The number of aryl methyl sites for hydroxylation is 1. The first-order valence-electron chi connectivity index (χ1n) is 8.62. The van der Waals surface area contributed by atoms with E-state index in [1.165, 1.54) is 42.6 Å². The van der Waals surface area contributed by atoms with E-state index in [-0.39, 0.29) is 4.90 Å². The number of nitrogens with one attached hydrogen (secondary N) is 2. The number of nitrogens with zero attached hydrogens (tertiary/aromatic N) is 1. The van der Waals surface area contributed by atoms with Gasteiger partial charge in [-0.25, -0.2) is 13.8 Å². The lowest BCUT2D eigenvalue weighted by Gasteiger charge is -2.09. The zero-order valence-corrected chi connectivity index (χ0v) is 17.0. The maximum atomic E-state index is 12.4. The van der Waals surface area contributed by atoms with E-state index in [9.17, 15) is 13.2 Å². The second-order valence-electron chi connectivity index (χ2n) is 6.25. The van der Waals surface area contributed by atoms with Crippen molar-refractivity contribution in [2.45, 2.75) is 11.8 Å². The van der Waals surface area contributed by atoms with Crippen LogP contribution in [-0.2, 0) is 10.0 Å². The van der Waals surface area contributed by atoms with Crippen molar-refractivity contribution in [3.8, 4) is 0 Å². The number of hydrazone groups is 1. The van der Waals surface area contributed by atoms with Crippen LogP contribution < -0.4 is 10.1 Å². The Bertz CT molecular complexity index is 1130. The Morgan fingerprint density at radius 3 is 2.17 bits per heavy atom. The number of sulfonamides is 1. The molecule has 0 radical (unpaired) electrons. The van der Waals surface area contributed by atoms with Gasteiger partial charge in [-0.05, 0) is 61.0 Å². The number of hydrogen-bond donors (Lipinski definition) is 2. The van der Waals surface area contributed by atoms with Gasteiger partial charge in [-0.15, -0.1) is 0 Å². The van der Waals surface area contributed by atoms with Crippen LogP contribution in [0, 0.1) is 6.92 Å². The molecule has 0 saturated heterocycles. The topological polar surface area (TPSA) is 87.6 Å². The van der Waals surface area contributed by atoms with Crippen LogP contribution in [-0.4, -0.2) is 20.5 Å². The number of rotatable bonds is 6. The third-order valence-corrected chi connectivity index (χ3v) is 5.63. The molecule has 2 N–H and O–H groups in total. The van der Waals surface area contributed by atoms with Crippen molar-refractivity contribution in [1.29, 1.82) is 0 Å². The van der Waals surface area contributed by atoms with Crippen LogP contribution in [0.2, 0.25) is 5.02 Å². The monoisotopic (exact) mass is 427 g/mol. The molecule has 0 saturated carbocycles. The molecule has 148 valence electrons. The smallest absolute Gasteiger partial charge is 0.271 e. The molecular formula is C21H18ClN3O3S. The predicted molar refractivity (Wildman–Crippen MR) is 115 cm³/mol. The summed E-state index contributed by atoms with van der Waals surface area (Å²) in [5.41, 5.74) is 4.88. The van der Waals surface area contributed by atoms with E-state index >= 15 is 0 Å². The van der Waals surface area contributed by atoms with E-state index in [0.29, 0.717) is 16.3 Å².